The SMILES string of the molecule is O=Cc1ccnc2c1CCCCC2. The summed E-state index contributed by atoms with van der Waals surface area (Å²) in [6.07, 6.45) is 8.42. The molecule has 0 atom stereocenters. The van der Waals surface area contributed by atoms with E-state index >= 15 is 0 Å². The zero-order chi connectivity index (χ0) is 9.10. The first-order valence-electron chi connectivity index (χ1n) is 4.84. The lowest BCUT2D eigenvalue weighted by molar-refractivity contribution is 0.112. The van der Waals surface area contributed by atoms with Crippen LogP contribution in [-0.2, 0) is 12.8 Å². The van der Waals surface area contributed by atoms with Gasteiger partial charge in [0.05, 0.1) is 0 Å². The van der Waals surface area contributed by atoms with E-state index in [4.69, 9.17) is 0 Å². The van der Waals surface area contributed by atoms with Crippen molar-refractivity contribution >= 4 is 6.29 Å². The minimum absolute atomic E-state index is 0.840. The number of aryl methyl sites for hydroxylation is 1. The lowest BCUT2D eigenvalue weighted by Crippen LogP contribution is -1.99. The summed E-state index contributed by atoms with van der Waals surface area (Å²) in [5.41, 5.74) is 3.17. The molecule has 2 heteroatoms. The van der Waals surface area contributed by atoms with Crippen LogP contribution in [0.5, 0.6) is 0 Å². The van der Waals surface area contributed by atoms with E-state index in [-0.39, 0.29) is 0 Å². The lowest BCUT2D eigenvalue weighted by atomic mass is 10.0. The summed E-state index contributed by atoms with van der Waals surface area (Å²) < 4.78 is 0. The second kappa shape index (κ2) is 3.69. The van der Waals surface area contributed by atoms with Crippen molar-refractivity contribution in [1.82, 2.24) is 4.98 Å². The molecule has 1 aromatic rings. The van der Waals surface area contributed by atoms with E-state index in [1.807, 2.05) is 6.07 Å². The first-order chi connectivity index (χ1) is 6.42. The summed E-state index contributed by atoms with van der Waals surface area (Å²) in [4.78, 5) is 15.1. The molecule has 1 heterocycles. The van der Waals surface area contributed by atoms with Crippen LogP contribution in [0.25, 0.3) is 0 Å². The van der Waals surface area contributed by atoms with Crippen molar-refractivity contribution in [2.75, 3.05) is 0 Å². The van der Waals surface area contributed by atoms with Crippen molar-refractivity contribution < 1.29 is 4.79 Å². The zero-order valence-electron chi connectivity index (χ0n) is 7.62. The average molecular weight is 175 g/mol. The number of pyridine rings is 1. The number of hydrogen-bond acceptors (Lipinski definition) is 2. The highest BCUT2D eigenvalue weighted by Gasteiger charge is 2.11. The van der Waals surface area contributed by atoms with Crippen molar-refractivity contribution in [3.05, 3.63) is 29.1 Å². The number of hydrogen-bond donors (Lipinski definition) is 0. The summed E-state index contributed by atoms with van der Waals surface area (Å²) >= 11 is 0. The van der Waals surface area contributed by atoms with E-state index in [2.05, 4.69) is 4.98 Å². The van der Waals surface area contributed by atoms with Gasteiger partial charge in [0.1, 0.15) is 6.29 Å². The van der Waals surface area contributed by atoms with Crippen LogP contribution in [0.15, 0.2) is 12.3 Å². The molecular weight excluding hydrogens is 162 g/mol. The molecule has 13 heavy (non-hydrogen) atoms. The highest BCUT2D eigenvalue weighted by atomic mass is 16.1. The normalized spacial score (nSPS) is 16.0. The molecular formula is C11H13NO. The molecule has 0 spiro atoms. The van der Waals surface area contributed by atoms with Gasteiger partial charge in [-0.05, 0) is 37.3 Å². The first-order valence-corrected chi connectivity index (χ1v) is 4.84. The van der Waals surface area contributed by atoms with Crippen LogP contribution in [0.1, 0.15) is 40.9 Å². The number of carbonyl (C=O) groups is 1. The van der Waals surface area contributed by atoms with E-state index in [1.165, 1.54) is 24.8 Å². The monoisotopic (exact) mass is 175 g/mol. The fraction of sp³-hybridized carbons (Fsp3) is 0.455. The van der Waals surface area contributed by atoms with Gasteiger partial charge in [-0.2, -0.15) is 0 Å². The van der Waals surface area contributed by atoms with Gasteiger partial charge in [0.15, 0.2) is 0 Å². The molecule has 0 bridgehead atoms. The molecule has 0 N–H and O–H groups in total. The van der Waals surface area contributed by atoms with Crippen LogP contribution in [0.2, 0.25) is 0 Å². The second-order valence-corrected chi connectivity index (χ2v) is 3.50. The van der Waals surface area contributed by atoms with Gasteiger partial charge in [0, 0.05) is 17.5 Å². The van der Waals surface area contributed by atoms with Crippen LogP contribution in [-0.4, -0.2) is 11.3 Å². The Morgan fingerprint density at radius 2 is 2.08 bits per heavy atom. The average Bonchev–Trinajstić information content (AvgIpc) is 2.41. The second-order valence-electron chi connectivity index (χ2n) is 3.50. The highest BCUT2D eigenvalue weighted by molar-refractivity contribution is 5.77. The van der Waals surface area contributed by atoms with E-state index in [0.29, 0.717) is 0 Å². The molecule has 0 radical (unpaired) electrons. The van der Waals surface area contributed by atoms with Crippen molar-refractivity contribution in [2.24, 2.45) is 0 Å². The standard InChI is InChI=1S/C11H13NO/c13-8-9-6-7-12-11-5-3-1-2-4-10(9)11/h6-8H,1-5H2. The topological polar surface area (TPSA) is 30.0 Å². The molecule has 0 saturated heterocycles. The predicted octanol–water partition coefficient (Wildman–Crippen LogP) is 2.16. The number of aromatic nitrogens is 1. The smallest absolute Gasteiger partial charge is 0.150 e. The molecule has 2 nitrogen and oxygen atoms in total. The Morgan fingerprint density at radius 3 is 2.92 bits per heavy atom. The van der Waals surface area contributed by atoms with E-state index < -0.39 is 0 Å². The minimum Gasteiger partial charge on any atom is -0.298 e. The maximum atomic E-state index is 10.8. The third-order valence-corrected chi connectivity index (χ3v) is 2.65. The first kappa shape index (κ1) is 8.42. The van der Waals surface area contributed by atoms with Crippen LogP contribution in [0, 0.1) is 0 Å². The lowest BCUT2D eigenvalue weighted by Gasteiger charge is -2.05. The molecule has 0 saturated carbocycles. The van der Waals surface area contributed by atoms with Gasteiger partial charge in [-0.15, -0.1) is 0 Å². The Hall–Kier alpha value is -1.18. The quantitative estimate of drug-likeness (QED) is 0.483. The summed E-state index contributed by atoms with van der Waals surface area (Å²) in [7, 11) is 0. The van der Waals surface area contributed by atoms with Gasteiger partial charge in [-0.1, -0.05) is 6.42 Å². The van der Waals surface area contributed by atoms with Gasteiger partial charge < -0.3 is 0 Å². The molecule has 68 valence electrons. The van der Waals surface area contributed by atoms with Crippen LogP contribution < -0.4 is 0 Å². The third-order valence-electron chi connectivity index (χ3n) is 2.65. The fourth-order valence-corrected chi connectivity index (χ4v) is 1.94. The number of rotatable bonds is 1. The van der Waals surface area contributed by atoms with Crippen LogP contribution in [0.3, 0.4) is 0 Å². The molecule has 1 aliphatic rings. The predicted molar refractivity (Wildman–Crippen MR) is 50.9 cm³/mol. The summed E-state index contributed by atoms with van der Waals surface area (Å²) in [5.74, 6) is 0. The highest BCUT2D eigenvalue weighted by Crippen LogP contribution is 2.20. The van der Waals surface area contributed by atoms with Crippen LogP contribution in [0.4, 0.5) is 0 Å². The van der Waals surface area contributed by atoms with Crippen LogP contribution >= 0.6 is 0 Å². The van der Waals surface area contributed by atoms with Gasteiger partial charge in [0.2, 0.25) is 0 Å². The maximum absolute atomic E-state index is 10.8. The Kier molecular flexibility index (Phi) is 2.39. The van der Waals surface area contributed by atoms with E-state index in [0.717, 1.165) is 30.4 Å². The van der Waals surface area contributed by atoms with Crippen molar-refractivity contribution in [3.8, 4) is 0 Å². The zero-order valence-corrected chi connectivity index (χ0v) is 7.62. The molecule has 0 aromatic carbocycles. The number of nitrogens with zero attached hydrogens (tertiary/aromatic N) is 1. The fourth-order valence-electron chi connectivity index (χ4n) is 1.94. The summed E-state index contributed by atoms with van der Waals surface area (Å²) in [6.45, 7) is 0. The Morgan fingerprint density at radius 1 is 1.23 bits per heavy atom. The summed E-state index contributed by atoms with van der Waals surface area (Å²) in [6, 6.07) is 1.82. The number of carbonyl (C=O) groups excluding carboxylic acids is 1. The molecule has 2 rings (SSSR count). The number of fused-ring (bicyclic) bond motifs is 1. The van der Waals surface area contributed by atoms with Crippen molar-refractivity contribution in [3.63, 3.8) is 0 Å². The van der Waals surface area contributed by atoms with Gasteiger partial charge in [0.25, 0.3) is 0 Å². The van der Waals surface area contributed by atoms with E-state index in [1.54, 1.807) is 6.20 Å². The molecule has 1 aromatic heterocycles. The summed E-state index contributed by atoms with van der Waals surface area (Å²) in [5, 5.41) is 0. The Balaban J connectivity index is 2.45. The molecule has 0 unspecified atom stereocenters. The largest absolute Gasteiger partial charge is 0.298 e. The van der Waals surface area contributed by atoms with Gasteiger partial charge in [-0.3, -0.25) is 9.78 Å². The van der Waals surface area contributed by atoms with Gasteiger partial charge in [-0.25, -0.2) is 0 Å². The maximum Gasteiger partial charge on any atom is 0.150 e. The number of aldehydes is 1. The Bertz CT molecular complexity index is 320. The minimum atomic E-state index is 0.840. The van der Waals surface area contributed by atoms with Crippen molar-refractivity contribution in [2.45, 2.75) is 32.1 Å². The molecule has 0 amide bonds. The van der Waals surface area contributed by atoms with Crippen molar-refractivity contribution in [1.29, 1.82) is 0 Å². The Labute approximate surface area is 78.0 Å². The molecule has 1 aliphatic carbocycles. The van der Waals surface area contributed by atoms with E-state index in [9.17, 15) is 4.79 Å². The molecule has 0 fully saturated rings. The molecule has 0 aliphatic heterocycles. The third kappa shape index (κ3) is 1.62. The van der Waals surface area contributed by atoms with Gasteiger partial charge >= 0.3 is 0 Å².